The van der Waals surface area contributed by atoms with Crippen molar-refractivity contribution in [1.82, 2.24) is 9.69 Å². The largest absolute Gasteiger partial charge is 0.368 e. The van der Waals surface area contributed by atoms with Crippen LogP contribution < -0.4 is 0 Å². The molecule has 0 saturated heterocycles. The fraction of sp³-hybridized carbons (Fsp3) is 0.417. The van der Waals surface area contributed by atoms with E-state index in [1.165, 1.54) is 5.56 Å². The van der Waals surface area contributed by atoms with Gasteiger partial charge in [0.05, 0.1) is 17.8 Å². The highest BCUT2D eigenvalue weighted by atomic mass is 19.2. The summed E-state index contributed by atoms with van der Waals surface area (Å²) in [6, 6.07) is 18.5. The van der Waals surface area contributed by atoms with Crippen molar-refractivity contribution in [2.75, 3.05) is 20.7 Å². The van der Waals surface area contributed by atoms with Gasteiger partial charge >= 0.3 is 0 Å². The van der Waals surface area contributed by atoms with Crippen LogP contribution in [0.3, 0.4) is 0 Å². The van der Waals surface area contributed by atoms with Crippen LogP contribution in [0, 0.1) is 0 Å². The minimum atomic E-state index is -0.518. The Balaban J connectivity index is 1.57. The highest BCUT2D eigenvalue weighted by molar-refractivity contribution is 5.86. The maximum atomic E-state index is 15.4. The second-order valence-corrected chi connectivity index (χ2v) is 8.51. The number of hydrogen-bond donors (Lipinski definition) is 0. The molecule has 28 heavy (non-hydrogen) atoms. The van der Waals surface area contributed by atoms with Crippen molar-refractivity contribution in [3.05, 3.63) is 71.4 Å². The molecule has 5 rings (SSSR count). The van der Waals surface area contributed by atoms with Gasteiger partial charge in [-0.1, -0.05) is 53.0 Å². The standard InChI is InChI=1S/C24H27FN2O/c1-26(2)23(18-8-4-3-5-9-18)13-15-24(16-14-23)22-20(12-17-28-24)19-10-6-7-11-21(19)27(22)25/h3-11H,12-17H2,1-2H3. The first-order chi connectivity index (χ1) is 13.6. The van der Waals surface area contributed by atoms with Gasteiger partial charge in [0.25, 0.3) is 0 Å². The van der Waals surface area contributed by atoms with E-state index in [-0.39, 0.29) is 5.54 Å². The lowest BCUT2D eigenvalue weighted by Gasteiger charge is -2.50. The molecule has 3 nitrogen and oxygen atoms in total. The van der Waals surface area contributed by atoms with E-state index in [4.69, 9.17) is 4.74 Å². The Bertz CT molecular complexity index is 1000. The van der Waals surface area contributed by atoms with Gasteiger partial charge in [0.1, 0.15) is 5.60 Å². The number of halogens is 1. The van der Waals surface area contributed by atoms with Crippen molar-refractivity contribution < 1.29 is 9.22 Å². The third-order valence-corrected chi connectivity index (χ3v) is 7.14. The molecule has 1 saturated carbocycles. The zero-order valence-electron chi connectivity index (χ0n) is 16.6. The van der Waals surface area contributed by atoms with E-state index in [0.29, 0.717) is 12.1 Å². The number of nitrogens with zero attached hydrogens (tertiary/aromatic N) is 2. The van der Waals surface area contributed by atoms with Crippen LogP contribution in [0.15, 0.2) is 54.6 Å². The topological polar surface area (TPSA) is 17.4 Å². The van der Waals surface area contributed by atoms with Crippen LogP contribution in [0.2, 0.25) is 0 Å². The molecule has 1 aliphatic heterocycles. The molecule has 1 fully saturated rings. The lowest BCUT2D eigenvalue weighted by atomic mass is 9.68. The summed E-state index contributed by atoms with van der Waals surface area (Å²) in [6.07, 6.45) is 4.34. The van der Waals surface area contributed by atoms with E-state index in [2.05, 4.69) is 49.3 Å². The van der Waals surface area contributed by atoms with Crippen molar-refractivity contribution in [3.63, 3.8) is 0 Å². The number of hydrogen-bond acceptors (Lipinski definition) is 2. The summed E-state index contributed by atoms with van der Waals surface area (Å²) < 4.78 is 21.8. The molecule has 3 aromatic rings. The van der Waals surface area contributed by atoms with E-state index >= 15 is 4.48 Å². The van der Waals surface area contributed by atoms with Crippen LogP contribution >= 0.6 is 0 Å². The second kappa shape index (κ2) is 6.43. The fourth-order valence-electron chi connectivity index (χ4n) is 5.58. The molecule has 2 aliphatic rings. The Morgan fingerprint density at radius 1 is 0.929 bits per heavy atom. The van der Waals surface area contributed by atoms with E-state index in [1.54, 1.807) is 0 Å². The molecule has 4 heteroatoms. The summed E-state index contributed by atoms with van der Waals surface area (Å²) in [7, 11) is 4.31. The maximum absolute atomic E-state index is 15.4. The molecule has 2 aromatic carbocycles. The SMILES string of the molecule is CN(C)C1(c2ccccc2)CCC2(CC1)OCCc1c2n(F)c2ccccc12. The van der Waals surface area contributed by atoms with E-state index in [1.807, 2.05) is 24.3 Å². The number of ether oxygens (including phenoxy) is 1. The quantitative estimate of drug-likeness (QED) is 0.612. The Morgan fingerprint density at radius 3 is 2.32 bits per heavy atom. The molecule has 0 unspecified atom stereocenters. The van der Waals surface area contributed by atoms with Crippen LogP contribution in [-0.2, 0) is 22.3 Å². The third kappa shape index (κ3) is 2.41. The molecule has 0 amide bonds. The van der Waals surface area contributed by atoms with Gasteiger partial charge in [-0.2, -0.15) is 4.79 Å². The smallest absolute Gasteiger partial charge is 0.111 e. The Hall–Kier alpha value is -2.17. The first kappa shape index (κ1) is 17.9. The predicted octanol–water partition coefficient (Wildman–Crippen LogP) is 5.17. The molecule has 1 spiro atoms. The zero-order valence-corrected chi connectivity index (χ0v) is 16.6. The normalized spacial score (nSPS) is 27.4. The second-order valence-electron chi connectivity index (χ2n) is 8.51. The molecular formula is C24H27FN2O. The van der Waals surface area contributed by atoms with Gasteiger partial charge in [-0.15, -0.1) is 0 Å². The Labute approximate surface area is 165 Å². The number of aromatic nitrogens is 1. The van der Waals surface area contributed by atoms with E-state index in [9.17, 15) is 0 Å². The van der Waals surface area contributed by atoms with Crippen molar-refractivity contribution in [3.8, 4) is 0 Å². The van der Waals surface area contributed by atoms with Crippen LogP contribution in [-0.4, -0.2) is 30.4 Å². The molecular weight excluding hydrogens is 351 g/mol. The van der Waals surface area contributed by atoms with Crippen LogP contribution in [0.1, 0.15) is 42.5 Å². The number of para-hydroxylation sites is 1. The van der Waals surface area contributed by atoms with Gasteiger partial charge in [0.2, 0.25) is 0 Å². The number of fused-ring (bicyclic) bond motifs is 4. The molecule has 2 heterocycles. The fourth-order valence-corrected chi connectivity index (χ4v) is 5.58. The highest BCUT2D eigenvalue weighted by Gasteiger charge is 2.50. The van der Waals surface area contributed by atoms with Crippen molar-refractivity contribution in [2.24, 2.45) is 0 Å². The molecule has 0 N–H and O–H groups in total. The summed E-state index contributed by atoms with van der Waals surface area (Å²) in [4.78, 5) is 3.25. The average molecular weight is 378 g/mol. The van der Waals surface area contributed by atoms with Crippen molar-refractivity contribution >= 4 is 10.9 Å². The minimum Gasteiger partial charge on any atom is -0.368 e. The van der Waals surface area contributed by atoms with Crippen molar-refractivity contribution in [2.45, 2.75) is 43.2 Å². The lowest BCUT2D eigenvalue weighted by molar-refractivity contribution is -0.118. The van der Waals surface area contributed by atoms with Gasteiger partial charge in [0.15, 0.2) is 0 Å². The van der Waals surface area contributed by atoms with E-state index in [0.717, 1.165) is 53.5 Å². The predicted molar refractivity (Wildman–Crippen MR) is 110 cm³/mol. The number of rotatable bonds is 2. The van der Waals surface area contributed by atoms with Crippen LogP contribution in [0.5, 0.6) is 0 Å². The summed E-state index contributed by atoms with van der Waals surface area (Å²) in [5, 5.41) is 1.04. The maximum Gasteiger partial charge on any atom is 0.111 e. The Kier molecular flexibility index (Phi) is 4.11. The zero-order chi connectivity index (χ0) is 19.4. The molecule has 146 valence electrons. The van der Waals surface area contributed by atoms with Gasteiger partial charge in [-0.05, 0) is 63.4 Å². The first-order valence-electron chi connectivity index (χ1n) is 10.2. The molecule has 1 aliphatic carbocycles. The lowest BCUT2D eigenvalue weighted by Crippen LogP contribution is -2.50. The summed E-state index contributed by atoms with van der Waals surface area (Å²) in [6.45, 7) is 0.668. The van der Waals surface area contributed by atoms with Crippen LogP contribution in [0.25, 0.3) is 10.9 Å². The number of benzene rings is 2. The van der Waals surface area contributed by atoms with Gasteiger partial charge in [0, 0.05) is 10.9 Å². The third-order valence-electron chi connectivity index (χ3n) is 7.14. The minimum absolute atomic E-state index is 0.0271. The van der Waals surface area contributed by atoms with E-state index < -0.39 is 5.60 Å². The Morgan fingerprint density at radius 2 is 1.61 bits per heavy atom. The first-order valence-corrected chi connectivity index (χ1v) is 10.2. The van der Waals surface area contributed by atoms with Crippen LogP contribution in [0.4, 0.5) is 4.48 Å². The van der Waals surface area contributed by atoms with Gasteiger partial charge in [-0.25, -0.2) is 0 Å². The molecule has 0 atom stereocenters. The average Bonchev–Trinajstić information content (AvgIpc) is 3.03. The summed E-state index contributed by atoms with van der Waals surface area (Å²) in [5.41, 5.74) is 3.37. The van der Waals surface area contributed by atoms with Gasteiger partial charge < -0.3 is 4.74 Å². The van der Waals surface area contributed by atoms with Gasteiger partial charge in [-0.3, -0.25) is 4.90 Å². The molecule has 1 aromatic heterocycles. The highest BCUT2D eigenvalue weighted by Crippen LogP contribution is 2.53. The van der Waals surface area contributed by atoms with Crippen molar-refractivity contribution in [1.29, 1.82) is 0 Å². The monoisotopic (exact) mass is 378 g/mol. The molecule has 0 bridgehead atoms. The molecule has 0 radical (unpaired) electrons. The summed E-state index contributed by atoms with van der Waals surface area (Å²) in [5.74, 6) is 0. The summed E-state index contributed by atoms with van der Waals surface area (Å²) >= 11 is 0.